The van der Waals surface area contributed by atoms with Crippen LogP contribution in [0.2, 0.25) is 0 Å². The number of benzene rings is 1. The van der Waals surface area contributed by atoms with Gasteiger partial charge in [0.25, 0.3) is 5.91 Å². The Labute approximate surface area is 197 Å². The molecule has 1 amide bonds. The summed E-state index contributed by atoms with van der Waals surface area (Å²) < 4.78 is 9.09. The number of anilines is 1. The van der Waals surface area contributed by atoms with Crippen molar-refractivity contribution in [2.75, 3.05) is 12.4 Å². The lowest BCUT2D eigenvalue weighted by atomic mass is 9.99. The molecule has 0 atom stereocenters. The predicted octanol–water partition coefficient (Wildman–Crippen LogP) is 3.95. The Morgan fingerprint density at radius 2 is 2.06 bits per heavy atom. The molecule has 10 nitrogen and oxygen atoms in total. The van der Waals surface area contributed by atoms with Gasteiger partial charge < -0.3 is 10.1 Å². The fourth-order valence-electron chi connectivity index (χ4n) is 3.87. The smallest absolute Gasteiger partial charge is 0.260 e. The van der Waals surface area contributed by atoms with Crippen molar-refractivity contribution in [1.29, 1.82) is 0 Å². The lowest BCUT2D eigenvalue weighted by Crippen LogP contribution is -2.16. The van der Waals surface area contributed by atoms with E-state index in [1.807, 2.05) is 50.0 Å². The minimum absolute atomic E-state index is 0.120. The molecule has 1 aliphatic carbocycles. The Morgan fingerprint density at radius 1 is 1.24 bits per heavy atom. The van der Waals surface area contributed by atoms with Crippen molar-refractivity contribution in [3.05, 3.63) is 59.7 Å². The number of carbonyl (C=O) groups excluding carboxylic acids is 1. The molecule has 0 aliphatic heterocycles. The number of methoxy groups -OCH3 is 1. The molecule has 1 saturated carbocycles. The van der Waals surface area contributed by atoms with Crippen LogP contribution in [0.1, 0.15) is 60.4 Å². The number of amides is 1. The molecule has 1 fully saturated rings. The van der Waals surface area contributed by atoms with E-state index in [0.29, 0.717) is 34.8 Å². The number of aromatic nitrogens is 7. The highest BCUT2D eigenvalue weighted by atomic mass is 16.5. The number of rotatable bonds is 7. The Hall–Kier alpha value is -4.08. The van der Waals surface area contributed by atoms with Gasteiger partial charge in [-0.05, 0) is 65.6 Å². The molecule has 3 heterocycles. The fraction of sp³-hybridized carbons (Fsp3) is 0.333. The molecule has 10 heteroatoms. The van der Waals surface area contributed by atoms with Crippen molar-refractivity contribution in [2.45, 2.75) is 45.6 Å². The number of tetrazole rings is 1. The highest BCUT2D eigenvalue weighted by Gasteiger charge is 2.25. The lowest BCUT2D eigenvalue weighted by Gasteiger charge is -2.13. The zero-order chi connectivity index (χ0) is 23.8. The molecule has 1 N–H and O–H groups in total. The summed E-state index contributed by atoms with van der Waals surface area (Å²) in [7, 11) is 1.56. The largest absolute Gasteiger partial charge is 0.496 e. The van der Waals surface area contributed by atoms with E-state index in [0.717, 1.165) is 29.5 Å². The summed E-state index contributed by atoms with van der Waals surface area (Å²) in [6, 6.07) is 9.53. The summed E-state index contributed by atoms with van der Waals surface area (Å²) in [4.78, 5) is 17.8. The SMILES string of the molecule is COc1cc(C)c(-c2cnn(C3CC3)c2)cc1C(=O)Nc1cccc(-n2nnnc2C(C)C)n1. The zero-order valence-electron chi connectivity index (χ0n) is 19.6. The Balaban J connectivity index is 1.45. The summed E-state index contributed by atoms with van der Waals surface area (Å²) in [6.45, 7) is 6.00. The van der Waals surface area contributed by atoms with E-state index in [1.165, 1.54) is 0 Å². The van der Waals surface area contributed by atoms with E-state index in [1.54, 1.807) is 30.0 Å². The van der Waals surface area contributed by atoms with Gasteiger partial charge in [0.1, 0.15) is 11.6 Å². The van der Waals surface area contributed by atoms with Gasteiger partial charge in [-0.2, -0.15) is 9.78 Å². The van der Waals surface area contributed by atoms with Crippen LogP contribution in [0.3, 0.4) is 0 Å². The van der Waals surface area contributed by atoms with Gasteiger partial charge in [0.2, 0.25) is 0 Å². The van der Waals surface area contributed by atoms with E-state index in [4.69, 9.17) is 4.74 Å². The monoisotopic (exact) mass is 458 g/mol. The van der Waals surface area contributed by atoms with E-state index >= 15 is 0 Å². The highest BCUT2D eigenvalue weighted by molar-refractivity contribution is 6.06. The highest BCUT2D eigenvalue weighted by Crippen LogP contribution is 2.36. The van der Waals surface area contributed by atoms with Gasteiger partial charge in [-0.15, -0.1) is 5.10 Å². The number of carbonyl (C=O) groups is 1. The van der Waals surface area contributed by atoms with Gasteiger partial charge in [0, 0.05) is 17.7 Å². The van der Waals surface area contributed by atoms with E-state index in [-0.39, 0.29) is 11.8 Å². The van der Waals surface area contributed by atoms with Crippen LogP contribution in [0.15, 0.2) is 42.7 Å². The summed E-state index contributed by atoms with van der Waals surface area (Å²) in [5.41, 5.74) is 3.33. The van der Waals surface area contributed by atoms with Crippen molar-refractivity contribution in [3.63, 3.8) is 0 Å². The predicted molar refractivity (Wildman–Crippen MR) is 126 cm³/mol. The van der Waals surface area contributed by atoms with Crippen molar-refractivity contribution >= 4 is 11.7 Å². The number of nitrogens with one attached hydrogen (secondary N) is 1. The number of aryl methyl sites for hydroxylation is 1. The average molecular weight is 459 g/mol. The Bertz CT molecular complexity index is 1350. The van der Waals surface area contributed by atoms with Crippen LogP contribution in [-0.4, -0.2) is 48.0 Å². The quantitative estimate of drug-likeness (QED) is 0.446. The lowest BCUT2D eigenvalue weighted by molar-refractivity contribution is 0.102. The maximum absolute atomic E-state index is 13.3. The third-order valence-electron chi connectivity index (χ3n) is 5.83. The van der Waals surface area contributed by atoms with Gasteiger partial charge in [0.15, 0.2) is 11.6 Å². The van der Waals surface area contributed by atoms with Crippen molar-refractivity contribution in [3.8, 4) is 22.7 Å². The molecule has 1 aliphatic rings. The molecule has 0 radical (unpaired) electrons. The normalized spacial score (nSPS) is 13.3. The van der Waals surface area contributed by atoms with Crippen LogP contribution in [0.5, 0.6) is 5.75 Å². The molecule has 3 aromatic heterocycles. The zero-order valence-corrected chi connectivity index (χ0v) is 19.6. The maximum Gasteiger partial charge on any atom is 0.260 e. The minimum atomic E-state index is -0.321. The summed E-state index contributed by atoms with van der Waals surface area (Å²) >= 11 is 0. The van der Waals surface area contributed by atoms with E-state index in [9.17, 15) is 4.79 Å². The molecule has 1 aromatic carbocycles. The third-order valence-corrected chi connectivity index (χ3v) is 5.83. The van der Waals surface area contributed by atoms with Gasteiger partial charge in [0.05, 0.1) is 24.9 Å². The number of hydrogen-bond acceptors (Lipinski definition) is 7. The summed E-state index contributed by atoms with van der Waals surface area (Å²) in [6.07, 6.45) is 6.20. The van der Waals surface area contributed by atoms with Gasteiger partial charge in [-0.25, -0.2) is 4.98 Å². The first-order valence-corrected chi connectivity index (χ1v) is 11.2. The maximum atomic E-state index is 13.3. The van der Waals surface area contributed by atoms with Crippen LogP contribution < -0.4 is 10.1 Å². The minimum Gasteiger partial charge on any atom is -0.496 e. The van der Waals surface area contributed by atoms with Gasteiger partial charge >= 0.3 is 0 Å². The molecule has 0 saturated heterocycles. The topological polar surface area (TPSA) is 113 Å². The number of ether oxygens (including phenoxy) is 1. The van der Waals surface area contributed by atoms with Crippen molar-refractivity contribution in [2.24, 2.45) is 0 Å². The van der Waals surface area contributed by atoms with Crippen LogP contribution in [0, 0.1) is 6.92 Å². The first kappa shape index (κ1) is 21.7. The summed E-state index contributed by atoms with van der Waals surface area (Å²) in [5.74, 6) is 1.89. The second-order valence-corrected chi connectivity index (χ2v) is 8.75. The molecule has 34 heavy (non-hydrogen) atoms. The van der Waals surface area contributed by atoms with Crippen LogP contribution >= 0.6 is 0 Å². The molecule has 4 aromatic rings. The van der Waals surface area contributed by atoms with Crippen LogP contribution in [-0.2, 0) is 0 Å². The molecular formula is C24H26N8O2. The van der Waals surface area contributed by atoms with Gasteiger partial charge in [-0.3, -0.25) is 9.48 Å². The first-order valence-electron chi connectivity index (χ1n) is 11.2. The average Bonchev–Trinajstić information content (AvgIpc) is 3.34. The van der Waals surface area contributed by atoms with Crippen molar-refractivity contribution < 1.29 is 9.53 Å². The molecular weight excluding hydrogens is 432 g/mol. The van der Waals surface area contributed by atoms with Gasteiger partial charge in [-0.1, -0.05) is 19.9 Å². The van der Waals surface area contributed by atoms with E-state index < -0.39 is 0 Å². The Kier molecular flexibility index (Phi) is 5.56. The third kappa shape index (κ3) is 4.14. The van der Waals surface area contributed by atoms with Crippen LogP contribution in [0.4, 0.5) is 5.82 Å². The van der Waals surface area contributed by atoms with E-state index in [2.05, 4.69) is 30.9 Å². The van der Waals surface area contributed by atoms with Crippen molar-refractivity contribution in [1.82, 2.24) is 35.0 Å². The molecule has 0 bridgehead atoms. The molecule has 174 valence electrons. The second-order valence-electron chi connectivity index (χ2n) is 8.75. The molecule has 5 rings (SSSR count). The standard InChI is InChI=1S/C24H26N8O2/c1-14(2)23-28-29-30-32(23)22-7-5-6-21(26-22)27-24(33)19-11-18(15(3)10-20(19)34-4)16-12-25-31(13-16)17-8-9-17/h5-7,10-14,17H,8-9H2,1-4H3,(H,26,27,33). The molecule has 0 spiro atoms. The summed E-state index contributed by atoms with van der Waals surface area (Å²) in [5, 5.41) is 19.2. The first-order chi connectivity index (χ1) is 16.4. The Morgan fingerprint density at radius 3 is 2.79 bits per heavy atom. The number of nitrogens with zero attached hydrogens (tertiary/aromatic N) is 7. The second kappa shape index (κ2) is 8.69. The number of hydrogen-bond donors (Lipinski definition) is 1. The number of pyridine rings is 1. The fourth-order valence-corrected chi connectivity index (χ4v) is 3.87. The van der Waals surface area contributed by atoms with Crippen LogP contribution in [0.25, 0.3) is 16.9 Å². The molecule has 0 unspecified atom stereocenters.